The average molecular weight is 486 g/mol. The Hall–Kier alpha value is -3.60. The summed E-state index contributed by atoms with van der Waals surface area (Å²) in [6, 6.07) is 9.09. The van der Waals surface area contributed by atoms with Crippen LogP contribution in [0.3, 0.4) is 0 Å². The minimum Gasteiger partial charge on any atom is -0.454 e. The molecule has 0 bridgehead atoms. The van der Waals surface area contributed by atoms with Gasteiger partial charge in [-0.25, -0.2) is 13.2 Å². The van der Waals surface area contributed by atoms with Gasteiger partial charge in [-0.3, -0.25) is 18.8 Å². The van der Waals surface area contributed by atoms with Crippen molar-refractivity contribution in [1.29, 1.82) is 0 Å². The van der Waals surface area contributed by atoms with Gasteiger partial charge in [-0.2, -0.15) is 0 Å². The van der Waals surface area contributed by atoms with Crippen LogP contribution in [0.25, 0.3) is 0 Å². The Balaban J connectivity index is 1.37. The summed E-state index contributed by atoms with van der Waals surface area (Å²) in [6.07, 6.45) is 2.42. The van der Waals surface area contributed by atoms with Crippen molar-refractivity contribution in [3.8, 4) is 11.5 Å². The smallest absolute Gasteiger partial charge is 0.325 e. The van der Waals surface area contributed by atoms with Crippen molar-refractivity contribution >= 4 is 33.4 Å². The number of imide groups is 1. The maximum Gasteiger partial charge on any atom is 0.325 e. The summed E-state index contributed by atoms with van der Waals surface area (Å²) in [7, 11) is -3.42. The molecule has 3 aliphatic rings. The molecule has 3 aliphatic heterocycles. The predicted molar refractivity (Wildman–Crippen MR) is 121 cm³/mol. The first-order valence-corrected chi connectivity index (χ1v) is 12.6. The highest BCUT2D eigenvalue weighted by Crippen LogP contribution is 2.38. The molecule has 34 heavy (non-hydrogen) atoms. The highest BCUT2D eigenvalue weighted by Gasteiger charge is 2.50. The lowest BCUT2D eigenvalue weighted by Gasteiger charge is -2.29. The molecule has 0 aromatic heterocycles. The van der Waals surface area contributed by atoms with Crippen LogP contribution in [0.1, 0.15) is 34.8 Å². The molecule has 2 aromatic carbocycles. The van der Waals surface area contributed by atoms with Gasteiger partial charge in [0.2, 0.25) is 16.8 Å². The quantitative estimate of drug-likeness (QED) is 0.506. The van der Waals surface area contributed by atoms with Crippen molar-refractivity contribution in [2.45, 2.75) is 25.3 Å². The van der Waals surface area contributed by atoms with Gasteiger partial charge in [-0.15, -0.1) is 0 Å². The van der Waals surface area contributed by atoms with Crippen LogP contribution in [0.4, 0.5) is 10.5 Å². The minimum absolute atomic E-state index is 0.0825. The number of sulfonamides is 1. The van der Waals surface area contributed by atoms with E-state index in [-0.39, 0.29) is 6.79 Å². The van der Waals surface area contributed by atoms with Gasteiger partial charge in [0.15, 0.2) is 17.3 Å². The molecule has 0 unspecified atom stereocenters. The molecule has 1 N–H and O–H groups in total. The second kappa shape index (κ2) is 7.73. The highest BCUT2D eigenvalue weighted by atomic mass is 32.2. The van der Waals surface area contributed by atoms with Gasteiger partial charge in [0.1, 0.15) is 5.54 Å². The summed E-state index contributed by atoms with van der Waals surface area (Å²) < 4.78 is 36.1. The standard InChI is InChI=1S/C23H23N3O7S/c1-23(16-6-8-19-20(11-16)33-13-32-19)21(28)25(22(29)24-23)12-18(27)15-5-7-17-14(10-15)4-3-9-26(17)34(2,30)31/h5-8,10-11H,3-4,9,12-13H2,1-2H3,(H,24,29)/t23-/m1/s1. The van der Waals surface area contributed by atoms with Gasteiger partial charge in [0, 0.05) is 12.1 Å². The summed E-state index contributed by atoms with van der Waals surface area (Å²) in [5, 5.41) is 2.68. The van der Waals surface area contributed by atoms with Crippen molar-refractivity contribution in [3.63, 3.8) is 0 Å². The predicted octanol–water partition coefficient (Wildman–Crippen LogP) is 1.78. The number of hydrogen-bond donors (Lipinski definition) is 1. The van der Waals surface area contributed by atoms with E-state index in [0.717, 1.165) is 16.7 Å². The maximum absolute atomic E-state index is 13.2. The van der Waals surface area contributed by atoms with Crippen LogP contribution >= 0.6 is 0 Å². The first-order chi connectivity index (χ1) is 16.1. The van der Waals surface area contributed by atoms with E-state index in [1.54, 1.807) is 37.3 Å². The third kappa shape index (κ3) is 3.56. The van der Waals surface area contributed by atoms with Crippen LogP contribution in [-0.4, -0.2) is 57.2 Å². The minimum atomic E-state index is -3.42. The van der Waals surface area contributed by atoms with Gasteiger partial charge in [0.25, 0.3) is 5.91 Å². The van der Waals surface area contributed by atoms with Crippen LogP contribution in [-0.2, 0) is 26.8 Å². The number of anilines is 1. The van der Waals surface area contributed by atoms with E-state index < -0.39 is 39.8 Å². The van der Waals surface area contributed by atoms with E-state index in [4.69, 9.17) is 9.47 Å². The lowest BCUT2D eigenvalue weighted by atomic mass is 9.91. The number of urea groups is 1. The lowest BCUT2D eigenvalue weighted by molar-refractivity contribution is -0.130. The number of nitrogens with one attached hydrogen (secondary N) is 1. The third-order valence-corrected chi connectivity index (χ3v) is 7.58. The summed E-state index contributed by atoms with van der Waals surface area (Å²) in [4.78, 5) is 39.8. The van der Waals surface area contributed by atoms with Gasteiger partial charge in [-0.1, -0.05) is 6.07 Å². The Kier molecular flexibility index (Phi) is 5.05. The second-order valence-electron chi connectivity index (χ2n) is 8.72. The fourth-order valence-corrected chi connectivity index (χ4v) is 5.56. The Morgan fingerprint density at radius 3 is 2.65 bits per heavy atom. The number of carbonyl (C=O) groups is 3. The molecule has 0 saturated carbocycles. The Labute approximate surface area is 196 Å². The van der Waals surface area contributed by atoms with E-state index in [2.05, 4.69) is 5.32 Å². The molecule has 5 rings (SSSR count). The molecule has 10 nitrogen and oxygen atoms in total. The number of aryl methyl sites for hydroxylation is 1. The highest BCUT2D eigenvalue weighted by molar-refractivity contribution is 7.92. The van der Waals surface area contributed by atoms with Crippen molar-refractivity contribution in [2.75, 3.05) is 30.4 Å². The van der Waals surface area contributed by atoms with E-state index in [1.165, 1.54) is 10.4 Å². The maximum atomic E-state index is 13.2. The SMILES string of the molecule is C[C@]1(c2ccc3c(c2)OCO3)NC(=O)N(CC(=O)c2ccc3c(c2)CCCN3S(C)(=O)=O)C1=O. The van der Waals surface area contributed by atoms with Crippen molar-refractivity contribution in [1.82, 2.24) is 10.2 Å². The lowest BCUT2D eigenvalue weighted by Crippen LogP contribution is -2.41. The molecule has 1 fully saturated rings. The van der Waals surface area contributed by atoms with Crippen molar-refractivity contribution in [2.24, 2.45) is 0 Å². The van der Waals surface area contributed by atoms with Gasteiger partial charge in [0.05, 0.1) is 18.5 Å². The normalized spacial score (nSPS) is 21.5. The van der Waals surface area contributed by atoms with E-state index >= 15 is 0 Å². The van der Waals surface area contributed by atoms with E-state index in [9.17, 15) is 22.8 Å². The fourth-order valence-electron chi connectivity index (χ4n) is 4.56. The Morgan fingerprint density at radius 2 is 1.88 bits per heavy atom. The zero-order chi connectivity index (χ0) is 24.3. The number of ketones is 1. The van der Waals surface area contributed by atoms with Crippen LogP contribution in [0, 0.1) is 0 Å². The molecule has 3 amide bonds. The number of carbonyl (C=O) groups excluding carboxylic acids is 3. The molecule has 1 saturated heterocycles. The zero-order valence-electron chi connectivity index (χ0n) is 18.7. The molecule has 1 atom stereocenters. The van der Waals surface area contributed by atoms with Crippen LogP contribution in [0.5, 0.6) is 11.5 Å². The van der Waals surface area contributed by atoms with Crippen LogP contribution in [0.15, 0.2) is 36.4 Å². The van der Waals surface area contributed by atoms with Crippen LogP contribution < -0.4 is 19.1 Å². The summed E-state index contributed by atoms with van der Waals surface area (Å²) in [6.45, 7) is 1.62. The van der Waals surface area contributed by atoms with Gasteiger partial charge < -0.3 is 14.8 Å². The number of rotatable bonds is 5. The first-order valence-electron chi connectivity index (χ1n) is 10.8. The molecule has 0 spiro atoms. The summed E-state index contributed by atoms with van der Waals surface area (Å²) in [5.74, 6) is 0.0640. The summed E-state index contributed by atoms with van der Waals surface area (Å²) >= 11 is 0. The molecule has 11 heteroatoms. The molecule has 0 aliphatic carbocycles. The molecular weight excluding hydrogens is 462 g/mol. The average Bonchev–Trinajstić information content (AvgIpc) is 3.35. The van der Waals surface area contributed by atoms with E-state index in [0.29, 0.717) is 47.7 Å². The van der Waals surface area contributed by atoms with Crippen molar-refractivity contribution in [3.05, 3.63) is 53.1 Å². The monoisotopic (exact) mass is 485 g/mol. The number of hydrogen-bond acceptors (Lipinski definition) is 7. The Bertz CT molecular complexity index is 1340. The van der Waals surface area contributed by atoms with Crippen LogP contribution in [0.2, 0.25) is 0 Å². The fraction of sp³-hybridized carbons (Fsp3) is 0.348. The molecule has 178 valence electrons. The molecule has 3 heterocycles. The molecular formula is C23H23N3O7S. The first kappa shape index (κ1) is 22.2. The van der Waals surface area contributed by atoms with Crippen molar-refractivity contribution < 1.29 is 32.3 Å². The van der Waals surface area contributed by atoms with E-state index in [1.807, 2.05) is 0 Å². The number of nitrogens with zero attached hydrogens (tertiary/aromatic N) is 2. The Morgan fingerprint density at radius 1 is 1.12 bits per heavy atom. The number of benzene rings is 2. The van der Waals surface area contributed by atoms with Gasteiger partial charge >= 0.3 is 6.03 Å². The summed E-state index contributed by atoms with van der Waals surface area (Å²) in [5.41, 5.74) is 0.760. The van der Waals surface area contributed by atoms with Gasteiger partial charge in [-0.05, 0) is 61.2 Å². The largest absolute Gasteiger partial charge is 0.454 e. The zero-order valence-corrected chi connectivity index (χ0v) is 19.5. The second-order valence-corrected chi connectivity index (χ2v) is 10.6. The number of fused-ring (bicyclic) bond motifs is 2. The topological polar surface area (TPSA) is 122 Å². The molecule has 2 aromatic rings. The number of ether oxygens (including phenoxy) is 2. The molecule has 0 radical (unpaired) electrons. The number of amides is 3. The number of Topliss-reactive ketones (excluding diaryl/α,β-unsaturated/α-hetero) is 1. The third-order valence-electron chi connectivity index (χ3n) is 6.40.